The number of amides is 1. The molecule has 0 aromatic heterocycles. The molecule has 2 nitrogen and oxygen atoms in total. The minimum absolute atomic E-state index is 0.255. The van der Waals surface area contributed by atoms with Crippen LogP contribution in [-0.2, 0) is 11.2 Å². The lowest BCUT2D eigenvalue weighted by Crippen LogP contribution is -2.39. The third-order valence-corrected chi connectivity index (χ3v) is 4.90. The molecule has 1 aliphatic heterocycles. The maximum Gasteiger partial charge on any atom is 0.226 e. The summed E-state index contributed by atoms with van der Waals surface area (Å²) >= 11 is 6.92. The van der Waals surface area contributed by atoms with E-state index in [1.165, 1.54) is 0 Å². The van der Waals surface area contributed by atoms with E-state index in [0.29, 0.717) is 6.42 Å². The molecule has 1 heterocycles. The van der Waals surface area contributed by atoms with Crippen LogP contribution < -0.4 is 0 Å². The van der Waals surface area contributed by atoms with Crippen molar-refractivity contribution < 1.29 is 4.79 Å². The highest BCUT2D eigenvalue weighted by Gasteiger charge is 2.21. The molecule has 1 saturated heterocycles. The molecule has 0 spiro atoms. The van der Waals surface area contributed by atoms with Gasteiger partial charge in [0, 0.05) is 22.9 Å². The Labute approximate surface area is 125 Å². The first-order valence-corrected chi connectivity index (χ1v) is 8.18. The van der Waals surface area contributed by atoms with Crippen LogP contribution >= 0.6 is 31.9 Å². The second-order valence-electron chi connectivity index (χ2n) is 4.78. The molecule has 0 bridgehead atoms. The zero-order valence-corrected chi connectivity index (χ0v) is 13.4. The molecule has 2 rings (SSSR count). The summed E-state index contributed by atoms with van der Waals surface area (Å²) in [6.45, 7) is 1.82. The molecule has 1 fully saturated rings. The first kappa shape index (κ1) is 14.1. The lowest BCUT2D eigenvalue weighted by Gasteiger charge is -2.31. The number of hydrogen-bond donors (Lipinski definition) is 0. The normalized spacial score (nSPS) is 16.9. The van der Waals surface area contributed by atoms with Crippen LogP contribution in [-0.4, -0.2) is 29.2 Å². The molecule has 0 saturated carbocycles. The van der Waals surface area contributed by atoms with E-state index in [2.05, 4.69) is 31.9 Å². The number of hydrogen-bond acceptors (Lipinski definition) is 1. The van der Waals surface area contributed by atoms with Crippen molar-refractivity contribution in [3.8, 4) is 0 Å². The predicted molar refractivity (Wildman–Crippen MR) is 80.9 cm³/mol. The number of benzene rings is 1. The lowest BCUT2D eigenvalue weighted by molar-refractivity contribution is -0.131. The minimum Gasteiger partial charge on any atom is -0.342 e. The van der Waals surface area contributed by atoms with Gasteiger partial charge in [0.25, 0.3) is 0 Å². The van der Waals surface area contributed by atoms with Gasteiger partial charge in [-0.3, -0.25) is 4.79 Å². The minimum atomic E-state index is 0.255. The lowest BCUT2D eigenvalue weighted by atomic mass is 9.98. The van der Waals surface area contributed by atoms with Gasteiger partial charge in [0.05, 0.1) is 6.42 Å². The average Bonchev–Trinajstić information content (AvgIpc) is 2.41. The SMILES string of the molecule is O=C(Cc1ccc(Br)cc1)N1CCC(CBr)CC1. The van der Waals surface area contributed by atoms with Gasteiger partial charge in [0.15, 0.2) is 0 Å². The number of nitrogens with zero attached hydrogens (tertiary/aromatic N) is 1. The van der Waals surface area contributed by atoms with Crippen LogP contribution in [0.5, 0.6) is 0 Å². The van der Waals surface area contributed by atoms with Crippen LogP contribution in [0.1, 0.15) is 18.4 Å². The number of piperidine rings is 1. The monoisotopic (exact) mass is 373 g/mol. The molecule has 0 aliphatic carbocycles. The van der Waals surface area contributed by atoms with Crippen molar-refractivity contribution in [2.75, 3.05) is 18.4 Å². The Morgan fingerprint density at radius 1 is 1.22 bits per heavy atom. The van der Waals surface area contributed by atoms with Gasteiger partial charge in [-0.15, -0.1) is 0 Å². The van der Waals surface area contributed by atoms with E-state index in [1.807, 2.05) is 29.2 Å². The Hall–Kier alpha value is -0.350. The van der Waals surface area contributed by atoms with E-state index in [1.54, 1.807) is 0 Å². The molecule has 4 heteroatoms. The van der Waals surface area contributed by atoms with Crippen molar-refractivity contribution >= 4 is 37.8 Å². The van der Waals surface area contributed by atoms with E-state index < -0.39 is 0 Å². The molecule has 98 valence electrons. The predicted octanol–water partition coefficient (Wildman–Crippen LogP) is 3.63. The maximum absolute atomic E-state index is 12.1. The fourth-order valence-electron chi connectivity index (χ4n) is 2.23. The van der Waals surface area contributed by atoms with Gasteiger partial charge in [0.2, 0.25) is 5.91 Å². The number of carbonyl (C=O) groups is 1. The number of halogens is 2. The topological polar surface area (TPSA) is 20.3 Å². The number of rotatable bonds is 3. The summed E-state index contributed by atoms with van der Waals surface area (Å²) < 4.78 is 1.05. The van der Waals surface area contributed by atoms with Gasteiger partial charge in [-0.05, 0) is 36.5 Å². The van der Waals surface area contributed by atoms with Crippen molar-refractivity contribution in [1.29, 1.82) is 0 Å². The zero-order chi connectivity index (χ0) is 13.0. The Morgan fingerprint density at radius 3 is 2.39 bits per heavy atom. The van der Waals surface area contributed by atoms with E-state index in [4.69, 9.17) is 0 Å². The third kappa shape index (κ3) is 3.82. The summed E-state index contributed by atoms with van der Waals surface area (Å²) in [5, 5.41) is 1.06. The number of carbonyl (C=O) groups excluding carboxylic acids is 1. The van der Waals surface area contributed by atoms with E-state index in [9.17, 15) is 4.79 Å². The maximum atomic E-state index is 12.1. The molecule has 1 aliphatic rings. The Bertz CT molecular complexity index is 397. The van der Waals surface area contributed by atoms with Crippen molar-refractivity contribution in [3.63, 3.8) is 0 Å². The molecular weight excluding hydrogens is 358 g/mol. The molecule has 1 amide bonds. The van der Waals surface area contributed by atoms with Crippen molar-refractivity contribution in [3.05, 3.63) is 34.3 Å². The highest BCUT2D eigenvalue weighted by atomic mass is 79.9. The van der Waals surface area contributed by atoms with E-state index >= 15 is 0 Å². The van der Waals surface area contributed by atoms with Crippen molar-refractivity contribution in [2.45, 2.75) is 19.3 Å². The fourth-order valence-corrected chi connectivity index (χ4v) is 3.14. The molecule has 0 unspecified atom stereocenters. The van der Waals surface area contributed by atoms with Gasteiger partial charge in [0.1, 0.15) is 0 Å². The molecule has 1 aromatic carbocycles. The highest BCUT2D eigenvalue weighted by molar-refractivity contribution is 9.10. The average molecular weight is 375 g/mol. The molecule has 0 radical (unpaired) electrons. The van der Waals surface area contributed by atoms with Crippen LogP contribution in [0.3, 0.4) is 0 Å². The number of alkyl halides is 1. The van der Waals surface area contributed by atoms with Crippen molar-refractivity contribution in [2.24, 2.45) is 5.92 Å². The summed E-state index contributed by atoms with van der Waals surface area (Å²) in [5.74, 6) is 0.993. The summed E-state index contributed by atoms with van der Waals surface area (Å²) in [6.07, 6.45) is 2.76. The second kappa shape index (κ2) is 6.71. The van der Waals surface area contributed by atoms with Crippen LogP contribution in [0.15, 0.2) is 28.7 Å². The highest BCUT2D eigenvalue weighted by Crippen LogP contribution is 2.20. The molecule has 1 aromatic rings. The van der Waals surface area contributed by atoms with Gasteiger partial charge >= 0.3 is 0 Å². The third-order valence-electron chi connectivity index (χ3n) is 3.45. The smallest absolute Gasteiger partial charge is 0.226 e. The Balaban J connectivity index is 1.87. The summed E-state index contributed by atoms with van der Waals surface area (Å²) in [5.41, 5.74) is 1.09. The van der Waals surface area contributed by atoms with Crippen LogP contribution in [0.2, 0.25) is 0 Å². The Morgan fingerprint density at radius 2 is 1.83 bits per heavy atom. The molecule has 18 heavy (non-hydrogen) atoms. The summed E-state index contributed by atoms with van der Waals surface area (Å²) in [7, 11) is 0. The second-order valence-corrected chi connectivity index (χ2v) is 6.34. The number of likely N-dealkylation sites (tertiary alicyclic amines) is 1. The molecule has 0 atom stereocenters. The van der Waals surface area contributed by atoms with Crippen LogP contribution in [0, 0.1) is 5.92 Å². The summed E-state index contributed by atoms with van der Waals surface area (Å²) in [6, 6.07) is 7.99. The van der Waals surface area contributed by atoms with Crippen LogP contribution in [0.25, 0.3) is 0 Å². The molecular formula is C14H17Br2NO. The van der Waals surface area contributed by atoms with Gasteiger partial charge in [-0.25, -0.2) is 0 Å². The van der Waals surface area contributed by atoms with E-state index in [0.717, 1.165) is 47.2 Å². The first-order chi connectivity index (χ1) is 8.69. The largest absolute Gasteiger partial charge is 0.342 e. The first-order valence-electron chi connectivity index (χ1n) is 6.27. The van der Waals surface area contributed by atoms with Crippen molar-refractivity contribution in [1.82, 2.24) is 4.90 Å². The fraction of sp³-hybridized carbons (Fsp3) is 0.500. The standard InChI is InChI=1S/C14H17Br2NO/c15-10-12-5-7-17(8-6-12)14(18)9-11-1-3-13(16)4-2-11/h1-4,12H,5-10H2. The summed E-state index contributed by atoms with van der Waals surface area (Å²) in [4.78, 5) is 14.2. The molecule has 0 N–H and O–H groups in total. The zero-order valence-electron chi connectivity index (χ0n) is 10.2. The van der Waals surface area contributed by atoms with Crippen LogP contribution in [0.4, 0.5) is 0 Å². The Kier molecular flexibility index (Phi) is 5.25. The van der Waals surface area contributed by atoms with Gasteiger partial charge in [-0.2, -0.15) is 0 Å². The van der Waals surface area contributed by atoms with E-state index in [-0.39, 0.29) is 5.91 Å². The quantitative estimate of drug-likeness (QED) is 0.740. The van der Waals surface area contributed by atoms with Gasteiger partial charge < -0.3 is 4.90 Å². The van der Waals surface area contributed by atoms with Gasteiger partial charge in [-0.1, -0.05) is 44.0 Å².